The highest BCUT2D eigenvalue weighted by Gasteiger charge is 2.22. The maximum atomic E-state index is 11.9. The van der Waals surface area contributed by atoms with Gasteiger partial charge in [0.05, 0.1) is 6.42 Å². The Morgan fingerprint density at radius 1 is 0.676 bits per heavy atom. The van der Waals surface area contributed by atoms with E-state index in [2.05, 4.69) is 73.7 Å². The van der Waals surface area contributed by atoms with Crippen molar-refractivity contribution in [1.82, 2.24) is 0 Å². The van der Waals surface area contributed by atoms with Gasteiger partial charge < -0.3 is 5.11 Å². The maximum absolute atomic E-state index is 11.9. The van der Waals surface area contributed by atoms with Crippen molar-refractivity contribution in [3.8, 4) is 0 Å². The minimum atomic E-state index is -0.706. The summed E-state index contributed by atoms with van der Waals surface area (Å²) in [6.07, 6.45) is 9.84. The van der Waals surface area contributed by atoms with E-state index in [1.807, 2.05) is 0 Å². The van der Waals surface area contributed by atoms with Gasteiger partial charge in [-0.25, -0.2) is 0 Å². The van der Waals surface area contributed by atoms with Crippen molar-refractivity contribution in [2.45, 2.75) is 70.6 Å². The number of carbonyl (C=O) groups is 1. The fourth-order valence-corrected chi connectivity index (χ4v) is 5.95. The SMILES string of the molecule is CCCCCCCCCC(CC(=O)O)c1ccc2cccc3c4cccc5cccc(c1c23)c54. The van der Waals surface area contributed by atoms with Crippen LogP contribution >= 0.6 is 0 Å². The Bertz CT molecular complexity index is 1430. The molecule has 0 saturated carbocycles. The molecular formula is C32H34O2. The molecule has 5 rings (SSSR count). The number of carboxylic acid groups (broad SMARTS) is 1. The number of carboxylic acids is 1. The summed E-state index contributed by atoms with van der Waals surface area (Å²) < 4.78 is 0. The molecule has 2 nitrogen and oxygen atoms in total. The summed E-state index contributed by atoms with van der Waals surface area (Å²) in [5, 5.41) is 19.9. The summed E-state index contributed by atoms with van der Waals surface area (Å²) in [5.74, 6) is -0.677. The molecule has 1 unspecified atom stereocenters. The standard InChI is InChI=1S/C32H34O2/c1-2-3-4-5-6-7-8-12-24(21-29(33)34)25-20-19-23-15-10-17-27-26-16-9-13-22-14-11-18-28(30(22)26)32(25)31(23)27/h9-11,13-20,24H,2-8,12,21H2,1H3,(H,33,34). The van der Waals surface area contributed by atoms with E-state index < -0.39 is 5.97 Å². The number of fused-ring (bicyclic) bond motifs is 2. The van der Waals surface area contributed by atoms with Crippen LogP contribution in [0.15, 0.2) is 66.7 Å². The number of hydrogen-bond donors (Lipinski definition) is 1. The molecule has 0 spiro atoms. The zero-order valence-corrected chi connectivity index (χ0v) is 20.1. The number of aliphatic carboxylic acids is 1. The third-order valence-electron chi connectivity index (χ3n) is 7.56. The molecule has 0 radical (unpaired) electrons. The van der Waals surface area contributed by atoms with E-state index in [-0.39, 0.29) is 12.3 Å². The molecule has 0 bridgehead atoms. The molecule has 5 aromatic rings. The van der Waals surface area contributed by atoms with Crippen molar-refractivity contribution in [3.05, 3.63) is 72.3 Å². The van der Waals surface area contributed by atoms with Crippen LogP contribution in [0.1, 0.15) is 76.2 Å². The van der Waals surface area contributed by atoms with Crippen LogP contribution in [0.3, 0.4) is 0 Å². The summed E-state index contributed by atoms with van der Waals surface area (Å²) in [6.45, 7) is 2.25. The number of rotatable bonds is 11. The van der Waals surface area contributed by atoms with Crippen LogP contribution in [0.25, 0.3) is 43.1 Å². The average molecular weight is 451 g/mol. The normalized spacial score (nSPS) is 12.9. The molecule has 0 heterocycles. The van der Waals surface area contributed by atoms with Gasteiger partial charge in [0.2, 0.25) is 0 Å². The molecular weight excluding hydrogens is 416 g/mol. The molecule has 0 fully saturated rings. The van der Waals surface area contributed by atoms with E-state index in [1.165, 1.54) is 87.2 Å². The van der Waals surface area contributed by atoms with E-state index >= 15 is 0 Å². The summed E-state index contributed by atoms with van der Waals surface area (Å²) in [7, 11) is 0. The van der Waals surface area contributed by atoms with Gasteiger partial charge in [-0.2, -0.15) is 0 Å². The summed E-state index contributed by atoms with van der Waals surface area (Å²) >= 11 is 0. The predicted molar refractivity (Wildman–Crippen MR) is 145 cm³/mol. The van der Waals surface area contributed by atoms with Crippen molar-refractivity contribution in [2.75, 3.05) is 0 Å². The Hall–Kier alpha value is -3.13. The molecule has 34 heavy (non-hydrogen) atoms. The highest BCUT2D eigenvalue weighted by atomic mass is 16.4. The Kier molecular flexibility index (Phi) is 6.67. The minimum absolute atomic E-state index is 0.0288. The van der Waals surface area contributed by atoms with E-state index in [4.69, 9.17) is 0 Å². The highest BCUT2D eigenvalue weighted by Crippen LogP contribution is 2.44. The lowest BCUT2D eigenvalue weighted by atomic mass is 9.82. The molecule has 1 N–H and O–H groups in total. The second-order valence-corrected chi connectivity index (χ2v) is 9.85. The van der Waals surface area contributed by atoms with E-state index in [0.717, 1.165) is 12.8 Å². The smallest absolute Gasteiger partial charge is 0.303 e. The van der Waals surface area contributed by atoms with E-state index in [1.54, 1.807) is 0 Å². The predicted octanol–water partition coefficient (Wildman–Crippen LogP) is 9.44. The molecule has 0 aromatic heterocycles. The maximum Gasteiger partial charge on any atom is 0.303 e. The molecule has 0 amide bonds. The molecule has 0 aliphatic carbocycles. The Morgan fingerprint density at radius 3 is 1.94 bits per heavy atom. The Labute approximate surface area is 201 Å². The molecule has 0 saturated heterocycles. The van der Waals surface area contributed by atoms with Crippen LogP contribution in [0.2, 0.25) is 0 Å². The third kappa shape index (κ3) is 4.22. The highest BCUT2D eigenvalue weighted by molar-refractivity contribution is 6.33. The van der Waals surface area contributed by atoms with Gasteiger partial charge in [0.1, 0.15) is 0 Å². The molecule has 2 heteroatoms. The number of unbranched alkanes of at least 4 members (excludes halogenated alkanes) is 6. The van der Waals surface area contributed by atoms with Gasteiger partial charge in [-0.3, -0.25) is 4.79 Å². The summed E-state index contributed by atoms with van der Waals surface area (Å²) in [4.78, 5) is 11.9. The molecule has 0 aliphatic heterocycles. The van der Waals surface area contributed by atoms with Crippen LogP contribution in [0.5, 0.6) is 0 Å². The first-order valence-electron chi connectivity index (χ1n) is 13.0. The fraction of sp³-hybridized carbons (Fsp3) is 0.344. The van der Waals surface area contributed by atoms with Crippen molar-refractivity contribution in [2.24, 2.45) is 0 Å². The Morgan fingerprint density at radius 2 is 1.26 bits per heavy atom. The first-order chi connectivity index (χ1) is 16.7. The largest absolute Gasteiger partial charge is 0.481 e. The first-order valence-corrected chi connectivity index (χ1v) is 13.0. The van der Waals surface area contributed by atoms with Gasteiger partial charge in [-0.15, -0.1) is 0 Å². The second-order valence-electron chi connectivity index (χ2n) is 9.85. The van der Waals surface area contributed by atoms with Gasteiger partial charge in [0, 0.05) is 0 Å². The van der Waals surface area contributed by atoms with Crippen LogP contribution in [0.4, 0.5) is 0 Å². The van der Waals surface area contributed by atoms with Crippen LogP contribution in [0, 0.1) is 0 Å². The lowest BCUT2D eigenvalue weighted by Crippen LogP contribution is -2.08. The van der Waals surface area contributed by atoms with Crippen molar-refractivity contribution >= 4 is 49.1 Å². The van der Waals surface area contributed by atoms with Gasteiger partial charge in [0.15, 0.2) is 0 Å². The van der Waals surface area contributed by atoms with Crippen LogP contribution < -0.4 is 0 Å². The van der Waals surface area contributed by atoms with Crippen LogP contribution in [-0.4, -0.2) is 11.1 Å². The fourth-order valence-electron chi connectivity index (χ4n) is 5.95. The van der Waals surface area contributed by atoms with Gasteiger partial charge in [0.25, 0.3) is 0 Å². The zero-order chi connectivity index (χ0) is 23.5. The molecule has 5 aromatic carbocycles. The zero-order valence-electron chi connectivity index (χ0n) is 20.1. The first kappa shape index (κ1) is 22.7. The lowest BCUT2D eigenvalue weighted by Gasteiger charge is -2.22. The quantitative estimate of drug-likeness (QED) is 0.124. The van der Waals surface area contributed by atoms with Crippen molar-refractivity contribution in [1.29, 1.82) is 0 Å². The molecule has 0 aliphatic rings. The average Bonchev–Trinajstić information content (AvgIpc) is 2.85. The van der Waals surface area contributed by atoms with E-state index in [0.29, 0.717) is 0 Å². The number of hydrogen-bond acceptors (Lipinski definition) is 1. The van der Waals surface area contributed by atoms with Crippen molar-refractivity contribution < 1.29 is 9.90 Å². The molecule has 174 valence electrons. The van der Waals surface area contributed by atoms with Crippen molar-refractivity contribution in [3.63, 3.8) is 0 Å². The monoisotopic (exact) mass is 450 g/mol. The summed E-state index contributed by atoms with van der Waals surface area (Å²) in [5.41, 5.74) is 1.20. The third-order valence-corrected chi connectivity index (χ3v) is 7.56. The second kappa shape index (κ2) is 10.0. The van der Waals surface area contributed by atoms with Gasteiger partial charge in [-0.1, -0.05) is 119 Å². The number of benzene rings is 5. The van der Waals surface area contributed by atoms with E-state index in [9.17, 15) is 9.90 Å². The lowest BCUT2D eigenvalue weighted by molar-refractivity contribution is -0.137. The van der Waals surface area contributed by atoms with Crippen LogP contribution in [-0.2, 0) is 4.79 Å². The molecule has 1 atom stereocenters. The van der Waals surface area contributed by atoms with Gasteiger partial charge in [-0.05, 0) is 61.0 Å². The topological polar surface area (TPSA) is 37.3 Å². The minimum Gasteiger partial charge on any atom is -0.481 e. The summed E-state index contributed by atoms with van der Waals surface area (Å²) in [6, 6.07) is 24.1. The van der Waals surface area contributed by atoms with Gasteiger partial charge >= 0.3 is 5.97 Å². The Balaban J connectivity index is 1.61.